The van der Waals surface area contributed by atoms with Gasteiger partial charge in [0.2, 0.25) is 17.7 Å². The van der Waals surface area contributed by atoms with Gasteiger partial charge < -0.3 is 24.4 Å². The number of nitrogens with zero attached hydrogens (tertiary/aromatic N) is 2. The lowest BCUT2D eigenvalue weighted by Crippen LogP contribution is -2.55. The molecule has 4 fully saturated rings. The Morgan fingerprint density at radius 2 is 1.83 bits per heavy atom. The number of carbonyl (C=O) groups is 4. The number of ether oxygens (including phenoxy) is 3. The van der Waals surface area contributed by atoms with Crippen molar-refractivity contribution in [2.24, 2.45) is 17.3 Å². The molecule has 5 atom stereocenters. The van der Waals surface area contributed by atoms with Gasteiger partial charge in [-0.3, -0.25) is 19.2 Å². The molecule has 288 valence electrons. The fourth-order valence-corrected chi connectivity index (χ4v) is 10.0. The van der Waals surface area contributed by atoms with Gasteiger partial charge in [0.1, 0.15) is 34.8 Å². The Morgan fingerprint density at radius 1 is 1.11 bits per heavy atom. The number of likely N-dealkylation sites (tertiary alicyclic amines) is 1. The van der Waals surface area contributed by atoms with Crippen molar-refractivity contribution in [2.75, 3.05) is 19.4 Å². The third-order valence-corrected chi connectivity index (χ3v) is 14.0. The number of fused-ring (bicyclic) bond motifs is 1. The number of sulfone groups is 1. The first kappa shape index (κ1) is 38.7. The molecule has 1 aliphatic heterocycles. The molecule has 2 heterocycles. The maximum Gasteiger partial charge on any atom is 0.307 e. The van der Waals surface area contributed by atoms with Gasteiger partial charge in [0, 0.05) is 23.9 Å². The normalized spacial score (nSPS) is 26.0. The molecule has 0 bridgehead atoms. The first-order chi connectivity index (χ1) is 25.0. The number of rotatable bonds is 14. The largest absolute Gasteiger partial charge is 0.497 e. The summed E-state index contributed by atoms with van der Waals surface area (Å²) in [5, 5.41) is 3.91. The molecule has 2 amide bonds. The Bertz CT molecular complexity index is 1880. The zero-order chi connectivity index (χ0) is 38.3. The lowest BCUT2D eigenvalue weighted by molar-refractivity contribution is -0.163. The van der Waals surface area contributed by atoms with E-state index >= 15 is 0 Å². The quantitative estimate of drug-likeness (QED) is 0.203. The summed E-state index contributed by atoms with van der Waals surface area (Å²) < 4.78 is 43.8. The number of nitrogens with one attached hydrogen (secondary N) is 1. The van der Waals surface area contributed by atoms with Gasteiger partial charge >= 0.3 is 5.97 Å². The van der Waals surface area contributed by atoms with E-state index in [0.29, 0.717) is 24.5 Å². The van der Waals surface area contributed by atoms with Crippen LogP contribution in [0.1, 0.15) is 91.9 Å². The minimum Gasteiger partial charge on any atom is -0.497 e. The number of methoxy groups -OCH3 is 1. The number of esters is 1. The van der Waals surface area contributed by atoms with E-state index in [2.05, 4.69) is 16.9 Å². The Hall–Kier alpha value is -4.00. The number of benzene rings is 1. The van der Waals surface area contributed by atoms with E-state index in [-0.39, 0.29) is 25.8 Å². The standard InChI is InChI=1S/C40H53N3O9S/c1-7-26-22-40(26,33(44)24-53(48,49)29-11-10-12-29)42-35(46)32-20-28(51-36-30-14-13-27(50-6)19-25(30)15-18-41-36)23-43(32)37(47)31(38(2,3)4)21-34(45)52-39(5)16-8-9-17-39/h7,13-15,18-19,26,28-29,31-32H,1,8-12,16-17,20-24H2,2-6H3,(H,42,46)/t26-,28-,31-,32+,40-/m1/s1. The molecule has 0 radical (unpaired) electrons. The van der Waals surface area contributed by atoms with Crippen molar-refractivity contribution in [3.8, 4) is 11.6 Å². The van der Waals surface area contributed by atoms with Crippen LogP contribution >= 0.6 is 0 Å². The van der Waals surface area contributed by atoms with E-state index in [1.165, 1.54) is 4.90 Å². The van der Waals surface area contributed by atoms with Crippen LogP contribution in [0, 0.1) is 17.3 Å². The van der Waals surface area contributed by atoms with E-state index < -0.39 is 84.9 Å². The molecule has 0 spiro atoms. The predicted molar refractivity (Wildman–Crippen MR) is 199 cm³/mol. The molecule has 1 aromatic carbocycles. The van der Waals surface area contributed by atoms with Gasteiger partial charge in [0.05, 0.1) is 31.2 Å². The second-order valence-corrected chi connectivity index (χ2v) is 19.0. The number of hydrogen-bond acceptors (Lipinski definition) is 10. The van der Waals surface area contributed by atoms with Crippen LogP contribution < -0.4 is 14.8 Å². The van der Waals surface area contributed by atoms with Crippen LogP contribution in [0.5, 0.6) is 11.6 Å². The van der Waals surface area contributed by atoms with Crippen molar-refractivity contribution in [3.05, 3.63) is 43.1 Å². The molecule has 1 aromatic heterocycles. The summed E-state index contributed by atoms with van der Waals surface area (Å²) in [7, 11) is -2.09. The molecule has 3 saturated carbocycles. The molecule has 3 aliphatic carbocycles. The van der Waals surface area contributed by atoms with Crippen LogP contribution in [-0.2, 0) is 33.8 Å². The third kappa shape index (κ3) is 8.10. The molecular formula is C40H53N3O9S. The first-order valence-electron chi connectivity index (χ1n) is 18.8. The average molecular weight is 752 g/mol. The number of carbonyl (C=O) groups excluding carboxylic acids is 4. The summed E-state index contributed by atoms with van der Waals surface area (Å²) in [5.74, 6) is -2.98. The molecule has 1 N–H and O–H groups in total. The Morgan fingerprint density at radius 3 is 2.43 bits per heavy atom. The van der Waals surface area contributed by atoms with E-state index in [4.69, 9.17) is 14.2 Å². The van der Waals surface area contributed by atoms with Gasteiger partial charge in [0.25, 0.3) is 0 Å². The summed E-state index contributed by atoms with van der Waals surface area (Å²) in [5.41, 5.74) is -2.67. The number of pyridine rings is 1. The third-order valence-electron chi connectivity index (χ3n) is 11.8. The molecule has 12 nitrogen and oxygen atoms in total. The molecular weight excluding hydrogens is 699 g/mol. The van der Waals surface area contributed by atoms with Crippen molar-refractivity contribution in [3.63, 3.8) is 0 Å². The van der Waals surface area contributed by atoms with Crippen molar-refractivity contribution in [1.82, 2.24) is 15.2 Å². The van der Waals surface area contributed by atoms with Gasteiger partial charge in [-0.2, -0.15) is 0 Å². The first-order valence-corrected chi connectivity index (χ1v) is 20.5. The molecule has 2 aromatic rings. The summed E-state index contributed by atoms with van der Waals surface area (Å²) in [4.78, 5) is 62.1. The zero-order valence-electron chi connectivity index (χ0n) is 31.5. The maximum absolute atomic E-state index is 14.7. The lowest BCUT2D eigenvalue weighted by Gasteiger charge is -2.35. The fourth-order valence-electron chi connectivity index (χ4n) is 8.12. The van der Waals surface area contributed by atoms with E-state index in [1.807, 2.05) is 45.9 Å². The number of hydrogen-bond donors (Lipinski definition) is 1. The second-order valence-electron chi connectivity index (χ2n) is 16.7. The molecule has 0 unspecified atom stereocenters. The topological polar surface area (TPSA) is 158 Å². The van der Waals surface area contributed by atoms with Gasteiger partial charge in [-0.1, -0.05) is 33.3 Å². The van der Waals surface area contributed by atoms with Crippen molar-refractivity contribution >= 4 is 44.2 Å². The zero-order valence-corrected chi connectivity index (χ0v) is 32.3. The fraction of sp³-hybridized carbons (Fsp3) is 0.625. The van der Waals surface area contributed by atoms with Crippen molar-refractivity contribution in [2.45, 2.75) is 120 Å². The Kier molecular flexibility index (Phi) is 10.7. The van der Waals surface area contributed by atoms with Crippen LogP contribution in [0.15, 0.2) is 43.1 Å². The molecule has 13 heteroatoms. The molecule has 6 rings (SSSR count). The van der Waals surface area contributed by atoms with Crippen molar-refractivity contribution < 1.29 is 41.8 Å². The van der Waals surface area contributed by atoms with Crippen LogP contribution in [0.3, 0.4) is 0 Å². The molecule has 53 heavy (non-hydrogen) atoms. The highest BCUT2D eigenvalue weighted by atomic mass is 32.2. The maximum atomic E-state index is 14.7. The predicted octanol–water partition coefficient (Wildman–Crippen LogP) is 5.12. The number of aromatic nitrogens is 1. The van der Waals surface area contributed by atoms with Gasteiger partial charge in [0.15, 0.2) is 15.6 Å². The molecule has 4 aliphatic rings. The highest BCUT2D eigenvalue weighted by Gasteiger charge is 2.61. The van der Waals surface area contributed by atoms with Crippen LogP contribution in [0.2, 0.25) is 0 Å². The van der Waals surface area contributed by atoms with Crippen molar-refractivity contribution in [1.29, 1.82) is 0 Å². The summed E-state index contributed by atoms with van der Waals surface area (Å²) in [6.07, 6.45) is 7.98. The van der Waals surface area contributed by atoms with Crippen LogP contribution in [-0.4, -0.2) is 89.8 Å². The minimum absolute atomic E-state index is 0.0202. The minimum atomic E-state index is -3.67. The SMILES string of the molecule is C=C[C@@H]1C[C@]1(NC(=O)[C@@H]1C[C@@H](Oc2nccc3cc(OC)ccc23)CN1C(=O)[C@@H](CC(=O)OC1(C)CCCC1)C(C)(C)C)C(=O)CS(=O)(=O)C1CCC1. The Balaban J connectivity index is 1.27. The van der Waals surface area contributed by atoms with E-state index in [1.54, 1.807) is 25.4 Å². The van der Waals surface area contributed by atoms with Gasteiger partial charge in [-0.25, -0.2) is 13.4 Å². The molecule has 1 saturated heterocycles. The lowest BCUT2D eigenvalue weighted by atomic mass is 9.77. The summed E-state index contributed by atoms with van der Waals surface area (Å²) in [6.45, 7) is 11.4. The monoisotopic (exact) mass is 751 g/mol. The Labute approximate surface area is 312 Å². The number of ketones is 1. The highest BCUT2D eigenvalue weighted by molar-refractivity contribution is 7.92. The highest BCUT2D eigenvalue weighted by Crippen LogP contribution is 2.46. The number of Topliss-reactive ketones (excluding diaryl/α,β-unsaturated/α-hetero) is 1. The van der Waals surface area contributed by atoms with Gasteiger partial charge in [-0.05, 0) is 86.9 Å². The summed E-state index contributed by atoms with van der Waals surface area (Å²) >= 11 is 0. The van der Waals surface area contributed by atoms with E-state index in [9.17, 15) is 27.6 Å². The number of amides is 2. The average Bonchev–Trinajstić information content (AvgIpc) is 3.35. The van der Waals surface area contributed by atoms with E-state index in [0.717, 1.165) is 42.9 Å². The summed E-state index contributed by atoms with van der Waals surface area (Å²) in [6, 6.07) is 6.24. The second kappa shape index (κ2) is 14.7. The van der Waals surface area contributed by atoms with Gasteiger partial charge in [-0.15, -0.1) is 6.58 Å². The van der Waals surface area contributed by atoms with Crippen LogP contribution in [0.25, 0.3) is 10.8 Å². The smallest absolute Gasteiger partial charge is 0.307 e. The van der Waals surface area contributed by atoms with Crippen LogP contribution in [0.4, 0.5) is 0 Å².